The number of imide groups is 1. The van der Waals surface area contributed by atoms with Crippen LogP contribution < -0.4 is 4.90 Å². The number of anilines is 1. The summed E-state index contributed by atoms with van der Waals surface area (Å²) in [5.41, 5.74) is 2.81. The molecular weight excluding hydrogens is 407 g/mol. The Balaban J connectivity index is 1.63. The van der Waals surface area contributed by atoms with Crippen molar-refractivity contribution in [3.63, 3.8) is 0 Å². The normalized spacial score (nSPS) is 15.8. The van der Waals surface area contributed by atoms with Crippen molar-refractivity contribution in [2.45, 2.75) is 25.8 Å². The fraction of sp³-hybridized carbons (Fsp3) is 0.192. The van der Waals surface area contributed by atoms with Crippen LogP contribution in [-0.4, -0.2) is 35.2 Å². The number of aryl methyl sites for hydroxylation is 1. The average molecular weight is 430 g/mol. The Bertz CT molecular complexity index is 1130. The average Bonchev–Trinajstić information content (AvgIpc) is 3.09. The first kappa shape index (κ1) is 21.4. The second-order valence-corrected chi connectivity index (χ2v) is 7.86. The summed E-state index contributed by atoms with van der Waals surface area (Å²) in [6, 6.07) is 21.1. The summed E-state index contributed by atoms with van der Waals surface area (Å²) < 4.78 is 13.3. The molecule has 162 valence electrons. The van der Waals surface area contributed by atoms with E-state index in [1.165, 1.54) is 29.2 Å². The summed E-state index contributed by atoms with van der Waals surface area (Å²) in [5, 5.41) is 0. The summed E-state index contributed by atoms with van der Waals surface area (Å²) in [5.74, 6) is -1.64. The fourth-order valence-electron chi connectivity index (χ4n) is 3.88. The van der Waals surface area contributed by atoms with Crippen LogP contribution in [0.3, 0.4) is 0 Å². The van der Waals surface area contributed by atoms with Gasteiger partial charge in [-0.15, -0.1) is 0 Å². The molecule has 1 heterocycles. The zero-order valence-corrected chi connectivity index (χ0v) is 17.7. The van der Waals surface area contributed by atoms with Gasteiger partial charge in [0, 0.05) is 12.1 Å². The highest BCUT2D eigenvalue weighted by Crippen LogP contribution is 2.27. The second-order valence-electron chi connectivity index (χ2n) is 7.86. The summed E-state index contributed by atoms with van der Waals surface area (Å²) in [6.07, 6.45) is 0.440. The lowest BCUT2D eigenvalue weighted by Gasteiger charge is -2.28. The zero-order chi connectivity index (χ0) is 22.7. The molecule has 0 N–H and O–H groups in total. The van der Waals surface area contributed by atoms with Gasteiger partial charge >= 0.3 is 0 Å². The summed E-state index contributed by atoms with van der Waals surface area (Å²) >= 11 is 0. The zero-order valence-electron chi connectivity index (χ0n) is 17.7. The van der Waals surface area contributed by atoms with Crippen LogP contribution in [-0.2, 0) is 16.0 Å². The van der Waals surface area contributed by atoms with E-state index < -0.39 is 23.7 Å². The molecule has 0 saturated carbocycles. The van der Waals surface area contributed by atoms with Gasteiger partial charge in [-0.3, -0.25) is 14.4 Å². The van der Waals surface area contributed by atoms with Crippen molar-refractivity contribution < 1.29 is 18.8 Å². The quantitative estimate of drug-likeness (QED) is 0.552. The molecule has 3 amide bonds. The van der Waals surface area contributed by atoms with Crippen molar-refractivity contribution in [3.05, 3.63) is 101 Å². The maximum Gasteiger partial charge on any atom is 0.257 e. The van der Waals surface area contributed by atoms with Gasteiger partial charge in [-0.05, 0) is 55.3 Å². The third kappa shape index (κ3) is 4.44. The summed E-state index contributed by atoms with van der Waals surface area (Å²) in [4.78, 5) is 41.9. The minimum Gasteiger partial charge on any atom is -0.326 e. The Morgan fingerprint density at radius 1 is 0.969 bits per heavy atom. The highest BCUT2D eigenvalue weighted by atomic mass is 19.1. The Labute approximate surface area is 186 Å². The minimum atomic E-state index is -0.912. The van der Waals surface area contributed by atoms with Crippen molar-refractivity contribution in [1.82, 2.24) is 4.90 Å². The van der Waals surface area contributed by atoms with Crippen LogP contribution >= 0.6 is 0 Å². The predicted molar refractivity (Wildman–Crippen MR) is 120 cm³/mol. The molecule has 3 aromatic rings. The molecule has 32 heavy (non-hydrogen) atoms. The molecule has 1 saturated heterocycles. The third-order valence-corrected chi connectivity index (χ3v) is 5.63. The van der Waals surface area contributed by atoms with Crippen LogP contribution in [0.5, 0.6) is 0 Å². The highest BCUT2D eigenvalue weighted by molar-refractivity contribution is 6.23. The first-order valence-electron chi connectivity index (χ1n) is 10.5. The fourth-order valence-corrected chi connectivity index (χ4v) is 3.88. The van der Waals surface area contributed by atoms with E-state index in [2.05, 4.69) is 0 Å². The molecule has 0 radical (unpaired) electrons. The summed E-state index contributed by atoms with van der Waals surface area (Å²) in [6.45, 7) is 2.22. The SMILES string of the molecule is Cc1ccc(C(=O)N(CCc2ccccc2)C2CC(=O)N(c3ccc(F)cc3)C2=O)cc1. The number of hydrogen-bond acceptors (Lipinski definition) is 3. The molecule has 6 heteroatoms. The van der Waals surface area contributed by atoms with Crippen molar-refractivity contribution in [1.29, 1.82) is 0 Å². The van der Waals surface area contributed by atoms with E-state index in [1.54, 1.807) is 12.1 Å². The molecule has 0 aliphatic carbocycles. The molecule has 1 aliphatic rings. The van der Waals surface area contributed by atoms with Crippen LogP contribution in [0, 0.1) is 12.7 Å². The number of halogens is 1. The molecule has 1 fully saturated rings. The van der Waals surface area contributed by atoms with Gasteiger partial charge < -0.3 is 4.90 Å². The number of hydrogen-bond donors (Lipinski definition) is 0. The van der Waals surface area contributed by atoms with E-state index in [0.717, 1.165) is 16.0 Å². The maximum atomic E-state index is 13.4. The van der Waals surface area contributed by atoms with Gasteiger partial charge in [0.25, 0.3) is 11.8 Å². The summed E-state index contributed by atoms with van der Waals surface area (Å²) in [7, 11) is 0. The van der Waals surface area contributed by atoms with Gasteiger partial charge in [-0.25, -0.2) is 9.29 Å². The van der Waals surface area contributed by atoms with E-state index in [4.69, 9.17) is 0 Å². The highest BCUT2D eigenvalue weighted by Gasteiger charge is 2.44. The van der Waals surface area contributed by atoms with Gasteiger partial charge in [0.15, 0.2) is 0 Å². The van der Waals surface area contributed by atoms with Gasteiger partial charge in [0.1, 0.15) is 11.9 Å². The molecule has 1 aliphatic heterocycles. The van der Waals surface area contributed by atoms with Crippen molar-refractivity contribution >= 4 is 23.4 Å². The molecular formula is C26H23FN2O3. The lowest BCUT2D eigenvalue weighted by molar-refractivity contribution is -0.122. The molecule has 1 unspecified atom stereocenters. The van der Waals surface area contributed by atoms with E-state index >= 15 is 0 Å². The van der Waals surface area contributed by atoms with Gasteiger partial charge in [0.2, 0.25) is 5.91 Å². The lowest BCUT2D eigenvalue weighted by Crippen LogP contribution is -2.46. The molecule has 0 aromatic heterocycles. The first-order valence-corrected chi connectivity index (χ1v) is 10.5. The third-order valence-electron chi connectivity index (χ3n) is 5.63. The Morgan fingerprint density at radius 2 is 1.62 bits per heavy atom. The van der Waals surface area contributed by atoms with E-state index in [9.17, 15) is 18.8 Å². The standard InChI is InChI=1S/C26H23FN2O3/c1-18-7-9-20(10-8-18)25(31)28(16-15-19-5-3-2-4-6-19)23-17-24(30)29(26(23)32)22-13-11-21(27)12-14-22/h2-14,23H,15-17H2,1H3. The predicted octanol–water partition coefficient (Wildman–Crippen LogP) is 4.15. The minimum absolute atomic E-state index is 0.109. The van der Waals surface area contributed by atoms with Crippen molar-refractivity contribution in [3.8, 4) is 0 Å². The number of rotatable bonds is 6. The molecule has 3 aromatic carbocycles. The van der Waals surface area contributed by atoms with Crippen molar-refractivity contribution in [2.75, 3.05) is 11.4 Å². The van der Waals surface area contributed by atoms with Gasteiger partial charge in [-0.1, -0.05) is 48.0 Å². The smallest absolute Gasteiger partial charge is 0.257 e. The van der Waals surface area contributed by atoms with Crippen LogP contribution in [0.4, 0.5) is 10.1 Å². The second kappa shape index (κ2) is 9.14. The largest absolute Gasteiger partial charge is 0.326 e. The lowest BCUT2D eigenvalue weighted by atomic mass is 10.1. The van der Waals surface area contributed by atoms with E-state index in [0.29, 0.717) is 17.7 Å². The monoisotopic (exact) mass is 430 g/mol. The van der Waals surface area contributed by atoms with Crippen LogP contribution in [0.25, 0.3) is 0 Å². The molecule has 1 atom stereocenters. The van der Waals surface area contributed by atoms with Crippen LogP contribution in [0.2, 0.25) is 0 Å². The van der Waals surface area contributed by atoms with Gasteiger partial charge in [0.05, 0.1) is 12.1 Å². The number of carbonyl (C=O) groups is 3. The Kier molecular flexibility index (Phi) is 6.12. The van der Waals surface area contributed by atoms with Crippen LogP contribution in [0.1, 0.15) is 27.9 Å². The number of benzene rings is 3. The maximum absolute atomic E-state index is 13.4. The Morgan fingerprint density at radius 3 is 2.28 bits per heavy atom. The van der Waals surface area contributed by atoms with Crippen LogP contribution in [0.15, 0.2) is 78.9 Å². The molecule has 5 nitrogen and oxygen atoms in total. The molecule has 0 bridgehead atoms. The topological polar surface area (TPSA) is 57.7 Å². The van der Waals surface area contributed by atoms with E-state index in [-0.39, 0.29) is 18.9 Å². The van der Waals surface area contributed by atoms with Gasteiger partial charge in [-0.2, -0.15) is 0 Å². The molecule has 0 spiro atoms. The first-order chi connectivity index (χ1) is 15.4. The van der Waals surface area contributed by atoms with E-state index in [1.807, 2.05) is 49.4 Å². The van der Waals surface area contributed by atoms with Crippen molar-refractivity contribution in [2.24, 2.45) is 0 Å². The number of carbonyl (C=O) groups excluding carboxylic acids is 3. The molecule has 4 rings (SSSR count). The Hall–Kier alpha value is -3.80. The number of nitrogens with zero attached hydrogens (tertiary/aromatic N) is 2. The number of amides is 3.